The molecule has 0 aromatic heterocycles. The number of anilines is 1. The largest absolute Gasteiger partial charge is 0.454 e. The van der Waals surface area contributed by atoms with Crippen molar-refractivity contribution in [1.82, 2.24) is 10.2 Å². The molecule has 0 fully saturated rings. The molecule has 1 aliphatic heterocycles. The Bertz CT molecular complexity index is 1550. The van der Waals surface area contributed by atoms with E-state index in [4.69, 9.17) is 32.7 Å². The summed E-state index contributed by atoms with van der Waals surface area (Å²) in [7, 11) is -3.93. The first-order chi connectivity index (χ1) is 20.5. The number of carbonyl (C=O) groups excluding carboxylic acids is 2. The number of benzene rings is 3. The number of nitrogens with zero attached hydrogens (tertiary/aromatic N) is 2. The smallest absolute Gasteiger partial charge is 0.244 e. The number of hydrogen-bond donors (Lipinski definition) is 1. The fourth-order valence-electron chi connectivity index (χ4n) is 4.57. The van der Waals surface area contributed by atoms with Gasteiger partial charge in [0.15, 0.2) is 11.5 Å². The average Bonchev–Trinajstić information content (AvgIpc) is 3.46. The molecule has 3 aromatic carbocycles. The Kier molecular flexibility index (Phi) is 10.8. The molecule has 1 N–H and O–H groups in total. The second-order valence-electron chi connectivity index (χ2n) is 10.5. The molecule has 3 aromatic rings. The maximum absolute atomic E-state index is 14.3. The van der Waals surface area contributed by atoms with Crippen LogP contribution in [0.5, 0.6) is 11.5 Å². The van der Waals surface area contributed by atoms with Gasteiger partial charge < -0.3 is 19.7 Å². The Balaban J connectivity index is 1.76. The molecule has 9 nitrogen and oxygen atoms in total. The number of sulfonamides is 1. The molecule has 43 heavy (non-hydrogen) atoms. The molecule has 12 heteroatoms. The predicted molar refractivity (Wildman–Crippen MR) is 168 cm³/mol. The van der Waals surface area contributed by atoms with Crippen molar-refractivity contribution in [1.29, 1.82) is 0 Å². The van der Waals surface area contributed by atoms with Gasteiger partial charge in [0.2, 0.25) is 28.6 Å². The monoisotopic (exact) mass is 647 g/mol. The summed E-state index contributed by atoms with van der Waals surface area (Å²) in [6, 6.07) is 18.0. The van der Waals surface area contributed by atoms with Gasteiger partial charge in [-0.15, -0.1) is 0 Å². The van der Waals surface area contributed by atoms with Gasteiger partial charge in [-0.1, -0.05) is 73.4 Å². The Morgan fingerprint density at radius 3 is 2.37 bits per heavy atom. The van der Waals surface area contributed by atoms with Crippen LogP contribution in [0.2, 0.25) is 10.0 Å². The van der Waals surface area contributed by atoms with Gasteiger partial charge in [0, 0.05) is 35.6 Å². The van der Waals surface area contributed by atoms with E-state index in [0.29, 0.717) is 33.7 Å². The highest BCUT2D eigenvalue weighted by molar-refractivity contribution is 7.92. The zero-order valence-electron chi connectivity index (χ0n) is 24.3. The van der Waals surface area contributed by atoms with E-state index in [0.717, 1.165) is 9.87 Å². The molecule has 0 saturated carbocycles. The van der Waals surface area contributed by atoms with Gasteiger partial charge in [0.1, 0.15) is 12.6 Å². The summed E-state index contributed by atoms with van der Waals surface area (Å²) >= 11 is 12.6. The maximum atomic E-state index is 14.3. The van der Waals surface area contributed by atoms with E-state index in [2.05, 4.69) is 5.32 Å². The Morgan fingerprint density at radius 2 is 1.70 bits per heavy atom. The third-order valence-electron chi connectivity index (χ3n) is 6.94. The number of hydrogen-bond acceptors (Lipinski definition) is 6. The number of halogens is 2. The summed E-state index contributed by atoms with van der Waals surface area (Å²) < 4.78 is 38.6. The molecule has 0 bridgehead atoms. The molecule has 0 saturated heterocycles. The third kappa shape index (κ3) is 8.34. The number of amides is 2. The highest BCUT2D eigenvalue weighted by Gasteiger charge is 2.34. The highest BCUT2D eigenvalue weighted by Crippen LogP contribution is 2.36. The second kappa shape index (κ2) is 14.3. The van der Waals surface area contributed by atoms with Crippen LogP contribution >= 0.6 is 23.2 Å². The summed E-state index contributed by atoms with van der Waals surface area (Å²) in [5, 5.41) is 3.69. The quantitative estimate of drug-likeness (QED) is 0.270. The Morgan fingerprint density at radius 1 is 0.977 bits per heavy atom. The minimum atomic E-state index is -3.93. The van der Waals surface area contributed by atoms with Crippen LogP contribution in [0.1, 0.15) is 31.9 Å². The predicted octanol–water partition coefficient (Wildman–Crippen LogP) is 5.29. The van der Waals surface area contributed by atoms with E-state index in [1.54, 1.807) is 30.3 Å². The van der Waals surface area contributed by atoms with Gasteiger partial charge in [0.05, 0.1) is 11.4 Å². The summed E-state index contributed by atoms with van der Waals surface area (Å²) in [6.07, 6.45) is 0.201. The molecular weight excluding hydrogens is 613 g/mol. The standard InChI is InChI=1S/C31H35Cl2N3O6S/c1-4-43(39,40)36(25-12-13-28-29(16-25)42-20-41-28)19-30(37)35(18-23-10-11-24(32)15-26(23)33)27(31(38)34-17-21(2)3)14-22-8-6-5-7-9-22/h5-13,15-16,21,27H,4,14,17-20H2,1-3H3,(H,34,38)/t27-/m1/s1. The van der Waals surface area contributed by atoms with Crippen molar-refractivity contribution in [3.63, 3.8) is 0 Å². The number of nitrogens with one attached hydrogen (secondary N) is 1. The zero-order chi connectivity index (χ0) is 31.1. The van der Waals surface area contributed by atoms with E-state index >= 15 is 0 Å². The van der Waals surface area contributed by atoms with E-state index < -0.39 is 28.5 Å². The van der Waals surface area contributed by atoms with Crippen LogP contribution < -0.4 is 19.1 Å². The first-order valence-corrected chi connectivity index (χ1v) is 16.3. The van der Waals surface area contributed by atoms with Crippen LogP contribution in [-0.4, -0.2) is 56.8 Å². The minimum Gasteiger partial charge on any atom is -0.454 e. The Hall–Kier alpha value is -3.47. The lowest BCUT2D eigenvalue weighted by Gasteiger charge is -2.34. The Labute approximate surface area is 262 Å². The van der Waals surface area contributed by atoms with E-state index in [1.165, 1.54) is 17.9 Å². The molecule has 0 spiro atoms. The van der Waals surface area contributed by atoms with Crippen molar-refractivity contribution < 1.29 is 27.5 Å². The molecule has 4 rings (SSSR count). The summed E-state index contributed by atoms with van der Waals surface area (Å²) in [6.45, 7) is 5.26. The van der Waals surface area contributed by atoms with Crippen LogP contribution in [0.3, 0.4) is 0 Å². The molecule has 1 heterocycles. The first-order valence-electron chi connectivity index (χ1n) is 13.9. The van der Waals surface area contributed by atoms with E-state index in [9.17, 15) is 18.0 Å². The van der Waals surface area contributed by atoms with Gasteiger partial charge >= 0.3 is 0 Å². The lowest BCUT2D eigenvalue weighted by molar-refractivity contribution is -0.140. The normalized spacial score (nSPS) is 13.1. The van der Waals surface area contributed by atoms with Gasteiger partial charge in [0.25, 0.3) is 0 Å². The van der Waals surface area contributed by atoms with E-state index in [1.807, 2.05) is 44.2 Å². The SMILES string of the molecule is CCS(=O)(=O)N(CC(=O)N(Cc1ccc(Cl)cc1Cl)[C@H](Cc1ccccc1)C(=O)NCC(C)C)c1ccc2c(c1)OCO2. The van der Waals surface area contributed by atoms with Crippen molar-refractivity contribution in [2.24, 2.45) is 5.92 Å². The molecular formula is C31H35Cl2N3O6S. The first kappa shape index (κ1) is 32.4. The number of fused-ring (bicyclic) bond motifs is 1. The summed E-state index contributed by atoms with van der Waals surface area (Å²) in [4.78, 5) is 29.4. The van der Waals surface area contributed by atoms with Crippen molar-refractivity contribution >= 4 is 50.7 Å². The molecule has 0 unspecified atom stereocenters. The van der Waals surface area contributed by atoms with Crippen LogP contribution in [-0.2, 0) is 32.6 Å². The van der Waals surface area contributed by atoms with Gasteiger partial charge in [-0.3, -0.25) is 13.9 Å². The third-order valence-corrected chi connectivity index (χ3v) is 9.26. The highest BCUT2D eigenvalue weighted by atomic mass is 35.5. The summed E-state index contributed by atoms with van der Waals surface area (Å²) in [5.41, 5.74) is 1.64. The fourth-order valence-corrected chi connectivity index (χ4v) is 6.09. The van der Waals surface area contributed by atoms with Crippen molar-refractivity contribution in [2.75, 3.05) is 29.9 Å². The van der Waals surface area contributed by atoms with Crippen LogP contribution in [0.4, 0.5) is 5.69 Å². The second-order valence-corrected chi connectivity index (χ2v) is 13.6. The average molecular weight is 649 g/mol. The molecule has 2 amide bonds. The molecule has 230 valence electrons. The van der Waals surface area contributed by atoms with Crippen molar-refractivity contribution in [3.05, 3.63) is 87.9 Å². The van der Waals surface area contributed by atoms with Crippen molar-refractivity contribution in [3.8, 4) is 11.5 Å². The molecule has 0 aliphatic carbocycles. The minimum absolute atomic E-state index is 0.0144. The van der Waals surface area contributed by atoms with Crippen LogP contribution in [0, 0.1) is 5.92 Å². The lowest BCUT2D eigenvalue weighted by atomic mass is 10.0. The molecule has 0 radical (unpaired) electrons. The number of rotatable bonds is 13. The summed E-state index contributed by atoms with van der Waals surface area (Å²) in [5.74, 6) is -0.161. The van der Waals surface area contributed by atoms with Crippen molar-refractivity contribution in [2.45, 2.75) is 39.8 Å². The zero-order valence-corrected chi connectivity index (χ0v) is 26.6. The number of carbonyl (C=O) groups is 2. The molecule has 1 atom stereocenters. The molecule has 1 aliphatic rings. The van der Waals surface area contributed by atoms with E-state index in [-0.39, 0.29) is 43.0 Å². The van der Waals surface area contributed by atoms with Gasteiger partial charge in [-0.2, -0.15) is 0 Å². The van der Waals surface area contributed by atoms with Crippen LogP contribution in [0.25, 0.3) is 0 Å². The number of ether oxygens (including phenoxy) is 2. The lowest BCUT2D eigenvalue weighted by Crippen LogP contribution is -2.54. The topological polar surface area (TPSA) is 105 Å². The maximum Gasteiger partial charge on any atom is 0.244 e. The van der Waals surface area contributed by atoms with Gasteiger partial charge in [-0.05, 0) is 48.2 Å². The van der Waals surface area contributed by atoms with Crippen LogP contribution in [0.15, 0.2) is 66.7 Å². The van der Waals surface area contributed by atoms with Gasteiger partial charge in [-0.25, -0.2) is 8.42 Å². The fraction of sp³-hybridized carbons (Fsp3) is 0.355.